The second-order valence-corrected chi connectivity index (χ2v) is 2.58. The quantitative estimate of drug-likeness (QED) is 0.723. The summed E-state index contributed by atoms with van der Waals surface area (Å²) in [5.41, 5.74) is 11.0. The van der Waals surface area contributed by atoms with Crippen LogP contribution in [0.5, 0.6) is 5.75 Å². The largest absolute Gasteiger partial charge is 0.573 e. The second kappa shape index (κ2) is 3.75. The van der Waals surface area contributed by atoms with E-state index in [1.807, 2.05) is 0 Å². The number of rotatable bonds is 2. The molecule has 0 radical (unpaired) electrons. The molecule has 0 spiro atoms. The van der Waals surface area contributed by atoms with Crippen LogP contribution < -0.4 is 16.2 Å². The molecular formula is C8H9F3N2O. The number of nitrogen functional groups attached to an aromatic ring is 1. The Morgan fingerprint density at radius 2 is 1.93 bits per heavy atom. The van der Waals surface area contributed by atoms with Crippen molar-refractivity contribution in [3.63, 3.8) is 0 Å². The molecule has 1 aromatic carbocycles. The summed E-state index contributed by atoms with van der Waals surface area (Å²) in [4.78, 5) is 0. The number of para-hydroxylation sites is 1. The van der Waals surface area contributed by atoms with Crippen LogP contribution in [-0.4, -0.2) is 6.36 Å². The zero-order chi connectivity index (χ0) is 10.8. The number of halogens is 3. The molecule has 1 rings (SSSR count). The Labute approximate surface area is 78.5 Å². The minimum atomic E-state index is -4.73. The Hall–Kier alpha value is -1.43. The summed E-state index contributed by atoms with van der Waals surface area (Å²) in [7, 11) is 0. The van der Waals surface area contributed by atoms with E-state index in [1.54, 1.807) is 6.07 Å². The maximum atomic E-state index is 11.8. The average Bonchev–Trinajstić information content (AvgIpc) is 2.06. The van der Waals surface area contributed by atoms with Crippen molar-refractivity contribution in [3.8, 4) is 5.75 Å². The Bertz CT molecular complexity index is 325. The van der Waals surface area contributed by atoms with Crippen LogP contribution in [0.1, 0.15) is 5.56 Å². The minimum Gasteiger partial charge on any atom is -0.404 e. The van der Waals surface area contributed by atoms with Gasteiger partial charge in [0.1, 0.15) is 0 Å². The Kier molecular flexibility index (Phi) is 2.85. The highest BCUT2D eigenvalue weighted by molar-refractivity contribution is 5.58. The molecule has 3 nitrogen and oxygen atoms in total. The van der Waals surface area contributed by atoms with Gasteiger partial charge in [-0.3, -0.25) is 0 Å². The smallest absolute Gasteiger partial charge is 0.404 e. The summed E-state index contributed by atoms with van der Waals surface area (Å²) in [6, 6.07) is 4.08. The van der Waals surface area contributed by atoms with Crippen LogP contribution in [-0.2, 0) is 6.54 Å². The fourth-order valence-electron chi connectivity index (χ4n) is 0.981. The van der Waals surface area contributed by atoms with Crippen LogP contribution >= 0.6 is 0 Å². The Morgan fingerprint density at radius 1 is 1.29 bits per heavy atom. The van der Waals surface area contributed by atoms with E-state index >= 15 is 0 Å². The van der Waals surface area contributed by atoms with Gasteiger partial charge in [0.05, 0.1) is 5.69 Å². The number of benzene rings is 1. The molecule has 0 saturated heterocycles. The van der Waals surface area contributed by atoms with Crippen molar-refractivity contribution < 1.29 is 17.9 Å². The lowest BCUT2D eigenvalue weighted by Crippen LogP contribution is -2.18. The third-order valence-electron chi connectivity index (χ3n) is 1.60. The van der Waals surface area contributed by atoms with Crippen LogP contribution in [0.4, 0.5) is 18.9 Å². The van der Waals surface area contributed by atoms with Gasteiger partial charge in [-0.1, -0.05) is 12.1 Å². The lowest BCUT2D eigenvalue weighted by Gasteiger charge is -2.12. The molecule has 0 fully saturated rings. The number of anilines is 1. The normalized spacial score (nSPS) is 11.4. The fourth-order valence-corrected chi connectivity index (χ4v) is 0.981. The van der Waals surface area contributed by atoms with Gasteiger partial charge in [0.15, 0.2) is 5.75 Å². The molecule has 0 amide bonds. The van der Waals surface area contributed by atoms with Crippen molar-refractivity contribution in [3.05, 3.63) is 23.8 Å². The monoisotopic (exact) mass is 206 g/mol. The third-order valence-corrected chi connectivity index (χ3v) is 1.60. The maximum Gasteiger partial charge on any atom is 0.573 e. The molecule has 0 aliphatic rings. The number of hydrogen-bond acceptors (Lipinski definition) is 3. The van der Waals surface area contributed by atoms with E-state index in [-0.39, 0.29) is 12.2 Å². The van der Waals surface area contributed by atoms with Crippen molar-refractivity contribution >= 4 is 5.69 Å². The van der Waals surface area contributed by atoms with Crippen LogP contribution in [0.2, 0.25) is 0 Å². The summed E-state index contributed by atoms with van der Waals surface area (Å²) in [6.07, 6.45) is -4.73. The van der Waals surface area contributed by atoms with Crippen molar-refractivity contribution in [2.75, 3.05) is 5.73 Å². The predicted molar refractivity (Wildman–Crippen MR) is 45.4 cm³/mol. The first-order chi connectivity index (χ1) is 6.44. The highest BCUT2D eigenvalue weighted by atomic mass is 19.4. The number of alkyl halides is 3. The lowest BCUT2D eigenvalue weighted by molar-refractivity contribution is -0.274. The van der Waals surface area contributed by atoms with E-state index in [0.29, 0.717) is 5.56 Å². The van der Waals surface area contributed by atoms with Gasteiger partial charge in [0.25, 0.3) is 0 Å². The molecule has 0 aliphatic heterocycles. The van der Waals surface area contributed by atoms with Gasteiger partial charge in [-0.15, -0.1) is 13.2 Å². The minimum absolute atomic E-state index is 0.0703. The molecule has 14 heavy (non-hydrogen) atoms. The van der Waals surface area contributed by atoms with Crippen molar-refractivity contribution in [2.24, 2.45) is 5.73 Å². The zero-order valence-electron chi connectivity index (χ0n) is 7.14. The summed E-state index contributed by atoms with van der Waals surface area (Å²) >= 11 is 0. The van der Waals surface area contributed by atoms with Crippen LogP contribution in [0.25, 0.3) is 0 Å². The molecule has 0 bridgehead atoms. The molecule has 0 saturated carbocycles. The second-order valence-electron chi connectivity index (χ2n) is 2.58. The molecule has 0 unspecified atom stereocenters. The number of hydrogen-bond donors (Lipinski definition) is 2. The Morgan fingerprint density at radius 3 is 2.43 bits per heavy atom. The van der Waals surface area contributed by atoms with Gasteiger partial charge in [0.2, 0.25) is 0 Å². The highest BCUT2D eigenvalue weighted by Crippen LogP contribution is 2.30. The summed E-state index contributed by atoms with van der Waals surface area (Å²) < 4.78 is 39.2. The van der Waals surface area contributed by atoms with Crippen molar-refractivity contribution in [1.29, 1.82) is 0 Å². The first kappa shape index (κ1) is 10.6. The molecule has 6 heteroatoms. The molecule has 0 aliphatic carbocycles. The maximum absolute atomic E-state index is 11.8. The van der Waals surface area contributed by atoms with E-state index in [2.05, 4.69) is 4.74 Å². The topological polar surface area (TPSA) is 61.3 Å². The summed E-state index contributed by atoms with van der Waals surface area (Å²) in [6.45, 7) is 0.0703. The van der Waals surface area contributed by atoms with Crippen molar-refractivity contribution in [2.45, 2.75) is 12.9 Å². The molecule has 78 valence electrons. The van der Waals surface area contributed by atoms with Gasteiger partial charge >= 0.3 is 6.36 Å². The summed E-state index contributed by atoms with van der Waals surface area (Å²) in [5.74, 6) is -0.416. The van der Waals surface area contributed by atoms with Gasteiger partial charge in [-0.05, 0) is 11.6 Å². The van der Waals surface area contributed by atoms with Crippen LogP contribution in [0.15, 0.2) is 18.2 Å². The fraction of sp³-hybridized carbons (Fsp3) is 0.250. The van der Waals surface area contributed by atoms with E-state index in [4.69, 9.17) is 11.5 Å². The van der Waals surface area contributed by atoms with E-state index < -0.39 is 12.1 Å². The SMILES string of the molecule is NCc1cccc(OC(F)(F)F)c1N. The standard InChI is InChI=1S/C8H9F3N2O/c9-8(10,11)14-6-3-1-2-5(4-12)7(6)13/h1-3H,4,12-13H2. The lowest BCUT2D eigenvalue weighted by atomic mass is 10.1. The number of nitrogens with two attached hydrogens (primary N) is 2. The van der Waals surface area contributed by atoms with Crippen LogP contribution in [0.3, 0.4) is 0 Å². The molecule has 0 aromatic heterocycles. The summed E-state index contributed by atoms with van der Waals surface area (Å²) in [5, 5.41) is 0. The predicted octanol–water partition coefficient (Wildman–Crippen LogP) is 1.63. The van der Waals surface area contributed by atoms with Crippen molar-refractivity contribution in [1.82, 2.24) is 0 Å². The number of ether oxygens (including phenoxy) is 1. The van der Waals surface area contributed by atoms with E-state index in [0.717, 1.165) is 6.07 Å². The van der Waals surface area contributed by atoms with Gasteiger partial charge in [-0.2, -0.15) is 0 Å². The molecular weight excluding hydrogens is 197 g/mol. The molecule has 0 heterocycles. The first-order valence-corrected chi connectivity index (χ1v) is 3.77. The van der Waals surface area contributed by atoms with Gasteiger partial charge in [0, 0.05) is 6.54 Å². The molecule has 4 N–H and O–H groups in total. The van der Waals surface area contributed by atoms with Crippen LogP contribution in [0, 0.1) is 0 Å². The molecule has 1 aromatic rings. The average molecular weight is 206 g/mol. The van der Waals surface area contributed by atoms with E-state index in [9.17, 15) is 13.2 Å². The van der Waals surface area contributed by atoms with Gasteiger partial charge in [-0.25, -0.2) is 0 Å². The Balaban J connectivity index is 2.98. The van der Waals surface area contributed by atoms with E-state index in [1.165, 1.54) is 6.07 Å². The third kappa shape index (κ3) is 2.53. The molecule has 0 atom stereocenters. The highest BCUT2D eigenvalue weighted by Gasteiger charge is 2.32. The van der Waals surface area contributed by atoms with Gasteiger partial charge < -0.3 is 16.2 Å². The first-order valence-electron chi connectivity index (χ1n) is 3.77. The zero-order valence-corrected chi connectivity index (χ0v) is 7.14.